The largest absolute Gasteiger partial charge is 0.433 e. The van der Waals surface area contributed by atoms with Crippen molar-refractivity contribution in [3.8, 4) is 0 Å². The van der Waals surface area contributed by atoms with Gasteiger partial charge in [0.2, 0.25) is 5.91 Å². The van der Waals surface area contributed by atoms with Gasteiger partial charge in [-0.2, -0.15) is 13.2 Å². The minimum atomic E-state index is -4.48. The van der Waals surface area contributed by atoms with E-state index in [9.17, 15) is 23.1 Å². The van der Waals surface area contributed by atoms with Crippen LogP contribution in [0.15, 0.2) is 48.7 Å². The van der Waals surface area contributed by atoms with E-state index in [4.69, 9.17) is 0 Å². The van der Waals surface area contributed by atoms with Crippen LogP contribution in [-0.2, 0) is 17.5 Å². The number of rotatable bonds is 3. The molecular formula is C19H17F3N2O2. The molecule has 4 nitrogen and oxygen atoms in total. The average Bonchev–Trinajstić information content (AvgIpc) is 3.29. The number of amides is 1. The van der Waals surface area contributed by atoms with Gasteiger partial charge in [0.1, 0.15) is 11.9 Å². The van der Waals surface area contributed by atoms with Crippen LogP contribution in [0.2, 0.25) is 0 Å². The first-order valence-electron chi connectivity index (χ1n) is 8.37. The zero-order valence-corrected chi connectivity index (χ0v) is 13.8. The lowest BCUT2D eigenvalue weighted by Gasteiger charge is -2.20. The highest BCUT2D eigenvalue weighted by Crippen LogP contribution is 2.65. The van der Waals surface area contributed by atoms with Gasteiger partial charge in [0.05, 0.1) is 5.41 Å². The minimum Gasteiger partial charge on any atom is -0.373 e. The van der Waals surface area contributed by atoms with Crippen LogP contribution in [0.25, 0.3) is 0 Å². The number of carbonyl (C=O) groups excluding carboxylic acids is 1. The molecule has 1 N–H and O–H groups in total. The number of aliphatic hydroxyl groups is 1. The Kier molecular flexibility index (Phi) is 3.80. The lowest BCUT2D eigenvalue weighted by Crippen LogP contribution is -2.33. The fraction of sp³-hybridized carbons (Fsp3) is 0.368. The van der Waals surface area contributed by atoms with Crippen LogP contribution in [0.5, 0.6) is 0 Å². The molecule has 7 heteroatoms. The van der Waals surface area contributed by atoms with Crippen molar-refractivity contribution in [2.45, 2.75) is 37.7 Å². The van der Waals surface area contributed by atoms with Crippen molar-refractivity contribution in [3.05, 3.63) is 65.5 Å². The molecule has 26 heavy (non-hydrogen) atoms. The third kappa shape index (κ3) is 2.76. The maximum absolute atomic E-state index is 12.9. The number of alkyl halides is 3. The summed E-state index contributed by atoms with van der Waals surface area (Å²) in [6.07, 6.45) is -3.34. The average molecular weight is 362 g/mol. The van der Waals surface area contributed by atoms with Crippen LogP contribution in [0.3, 0.4) is 0 Å². The molecule has 2 aromatic rings. The van der Waals surface area contributed by atoms with Gasteiger partial charge in [-0.25, -0.2) is 0 Å². The van der Waals surface area contributed by atoms with Crippen LogP contribution in [0, 0.1) is 5.41 Å². The summed E-state index contributed by atoms with van der Waals surface area (Å²) in [5.41, 5.74) is -0.125. The quantitative estimate of drug-likeness (QED) is 0.911. The Morgan fingerprint density at radius 2 is 1.88 bits per heavy atom. The van der Waals surface area contributed by atoms with Gasteiger partial charge in [-0.1, -0.05) is 36.4 Å². The Hall–Kier alpha value is -2.41. The van der Waals surface area contributed by atoms with Gasteiger partial charge >= 0.3 is 6.18 Å². The highest BCUT2D eigenvalue weighted by Gasteiger charge is 2.66. The van der Waals surface area contributed by atoms with Crippen LogP contribution in [0.1, 0.15) is 35.6 Å². The maximum atomic E-state index is 12.9. The van der Waals surface area contributed by atoms with Crippen LogP contribution >= 0.6 is 0 Å². The minimum absolute atomic E-state index is 0.140. The van der Waals surface area contributed by atoms with Gasteiger partial charge in [0, 0.05) is 25.1 Å². The molecular weight excluding hydrogens is 345 g/mol. The second kappa shape index (κ2) is 5.81. The van der Waals surface area contributed by atoms with Crippen molar-refractivity contribution in [3.63, 3.8) is 0 Å². The van der Waals surface area contributed by atoms with E-state index in [1.807, 2.05) is 30.3 Å². The number of benzene rings is 1. The number of pyridine rings is 1. The third-order valence-corrected chi connectivity index (χ3v) is 5.34. The zero-order valence-electron chi connectivity index (χ0n) is 13.8. The van der Waals surface area contributed by atoms with Crippen molar-refractivity contribution in [2.75, 3.05) is 0 Å². The molecule has 1 amide bonds. The lowest BCUT2D eigenvalue weighted by molar-refractivity contribution is -0.141. The lowest BCUT2D eigenvalue weighted by atomic mass is 9.98. The smallest absolute Gasteiger partial charge is 0.373 e. The van der Waals surface area contributed by atoms with Crippen LogP contribution in [0.4, 0.5) is 13.2 Å². The van der Waals surface area contributed by atoms with E-state index in [0.29, 0.717) is 24.9 Å². The van der Waals surface area contributed by atoms with Gasteiger partial charge < -0.3 is 10.0 Å². The number of hydrogen-bond donors (Lipinski definition) is 1. The van der Waals surface area contributed by atoms with Gasteiger partial charge in [0.15, 0.2) is 0 Å². The predicted molar refractivity (Wildman–Crippen MR) is 86.6 cm³/mol. The van der Waals surface area contributed by atoms with Crippen LogP contribution in [-0.4, -0.2) is 27.1 Å². The number of aromatic nitrogens is 1. The number of aliphatic hydroxyl groups excluding tert-OH is 1. The summed E-state index contributed by atoms with van der Waals surface area (Å²) in [6, 6.07) is 11.7. The molecule has 3 atom stereocenters. The van der Waals surface area contributed by atoms with Crippen molar-refractivity contribution in [1.82, 2.24) is 9.88 Å². The van der Waals surface area contributed by atoms with Crippen molar-refractivity contribution >= 4 is 5.91 Å². The first kappa shape index (κ1) is 17.0. The first-order chi connectivity index (χ1) is 12.3. The maximum Gasteiger partial charge on any atom is 0.433 e. The molecule has 2 fully saturated rings. The Bertz CT molecular complexity index is 823. The molecule has 0 radical (unpaired) electrons. The number of halogens is 3. The van der Waals surface area contributed by atoms with E-state index in [1.54, 1.807) is 0 Å². The fourth-order valence-corrected chi connectivity index (χ4v) is 3.89. The SMILES string of the molecule is O=C1N(Cc2ccccc2)C(O)CC12C[C@H]2c1ccc(C(F)(F)F)nc1. The number of likely N-dealkylation sites (tertiary alicyclic amines) is 1. The Morgan fingerprint density at radius 1 is 1.15 bits per heavy atom. The summed E-state index contributed by atoms with van der Waals surface area (Å²) in [5, 5.41) is 10.4. The summed E-state index contributed by atoms with van der Waals surface area (Å²) in [6.45, 7) is 0.320. The molecule has 0 bridgehead atoms. The summed E-state index contributed by atoms with van der Waals surface area (Å²) in [4.78, 5) is 17.8. The molecule has 2 unspecified atom stereocenters. The van der Waals surface area contributed by atoms with E-state index < -0.39 is 23.5 Å². The predicted octanol–water partition coefficient (Wildman–Crippen LogP) is 3.33. The second-order valence-electron chi connectivity index (χ2n) is 6.99. The van der Waals surface area contributed by atoms with Crippen molar-refractivity contribution in [2.24, 2.45) is 5.41 Å². The standard InChI is InChI=1S/C19H17F3N2O2/c20-19(21,22)15-7-6-13(10-23-15)14-8-18(14)9-16(25)24(17(18)26)11-12-4-2-1-3-5-12/h1-7,10,14,16,25H,8-9,11H2/t14-,16?,18?/m0/s1. The molecule has 4 rings (SSSR count). The number of carbonyl (C=O) groups is 1. The van der Waals surface area contributed by atoms with E-state index in [0.717, 1.165) is 11.6 Å². The van der Waals surface area contributed by atoms with Gasteiger partial charge in [-0.05, 0) is 23.6 Å². The zero-order chi connectivity index (χ0) is 18.5. The molecule has 1 aromatic carbocycles. The van der Waals surface area contributed by atoms with Gasteiger partial charge in [-0.15, -0.1) is 0 Å². The molecule has 1 saturated heterocycles. The molecule has 1 aliphatic heterocycles. The Morgan fingerprint density at radius 3 is 2.50 bits per heavy atom. The summed E-state index contributed by atoms with van der Waals surface area (Å²) < 4.78 is 37.9. The summed E-state index contributed by atoms with van der Waals surface area (Å²) in [7, 11) is 0. The molecule has 136 valence electrons. The second-order valence-corrected chi connectivity index (χ2v) is 6.99. The normalized spacial score (nSPS) is 28.0. The summed E-state index contributed by atoms with van der Waals surface area (Å²) >= 11 is 0. The Balaban J connectivity index is 1.51. The van der Waals surface area contributed by atoms with Crippen molar-refractivity contribution < 1.29 is 23.1 Å². The van der Waals surface area contributed by atoms with Crippen LogP contribution < -0.4 is 0 Å². The van der Waals surface area contributed by atoms with E-state index in [-0.39, 0.29) is 11.8 Å². The van der Waals surface area contributed by atoms with E-state index in [2.05, 4.69) is 4.98 Å². The number of hydrogen-bond acceptors (Lipinski definition) is 3. The fourth-order valence-electron chi connectivity index (χ4n) is 3.89. The van der Waals surface area contributed by atoms with Gasteiger partial charge in [0.25, 0.3) is 0 Å². The molecule has 1 spiro atoms. The molecule has 2 heterocycles. The van der Waals surface area contributed by atoms with E-state index >= 15 is 0 Å². The van der Waals surface area contributed by atoms with Gasteiger partial charge in [-0.3, -0.25) is 9.78 Å². The monoisotopic (exact) mass is 362 g/mol. The van der Waals surface area contributed by atoms with E-state index in [1.165, 1.54) is 17.2 Å². The third-order valence-electron chi connectivity index (χ3n) is 5.34. The Labute approximate surface area is 148 Å². The number of nitrogens with zero attached hydrogens (tertiary/aromatic N) is 2. The highest BCUT2D eigenvalue weighted by atomic mass is 19.4. The molecule has 1 aliphatic carbocycles. The highest BCUT2D eigenvalue weighted by molar-refractivity contribution is 5.89. The van der Waals surface area contributed by atoms with Crippen molar-refractivity contribution in [1.29, 1.82) is 0 Å². The molecule has 1 aromatic heterocycles. The molecule has 1 saturated carbocycles. The molecule has 2 aliphatic rings. The summed E-state index contributed by atoms with van der Waals surface area (Å²) in [5.74, 6) is -0.334. The topological polar surface area (TPSA) is 53.4 Å². The first-order valence-corrected chi connectivity index (χ1v) is 8.37.